The predicted octanol–water partition coefficient (Wildman–Crippen LogP) is 3.53. The van der Waals surface area contributed by atoms with Crippen LogP contribution in [0.5, 0.6) is 5.88 Å². The number of nitrogens with zero attached hydrogens (tertiary/aromatic N) is 11. The average molecular weight is 1120 g/mol. The highest BCUT2D eigenvalue weighted by molar-refractivity contribution is 7.15. The van der Waals surface area contributed by atoms with Gasteiger partial charge in [0, 0.05) is 79.8 Å². The molecule has 0 spiro atoms. The van der Waals surface area contributed by atoms with E-state index >= 15 is 4.39 Å². The van der Waals surface area contributed by atoms with Crippen LogP contribution in [0.15, 0.2) is 53.9 Å². The molecule has 2 aliphatic heterocycles. The number of rotatable bonds is 29. The Bertz CT molecular complexity index is 3090. The Balaban J connectivity index is 0.624. The Hall–Kier alpha value is -6.94. The molecule has 418 valence electrons. The molecule has 5 aromatic heterocycles. The van der Waals surface area contributed by atoms with Crippen LogP contribution in [0.4, 0.5) is 21.8 Å². The Kier molecular flexibility index (Phi) is 19.9. The highest BCUT2D eigenvalue weighted by Gasteiger charge is 2.36. The van der Waals surface area contributed by atoms with Gasteiger partial charge in [0.2, 0.25) is 23.7 Å². The first kappa shape index (κ1) is 57.2. The zero-order chi connectivity index (χ0) is 55.3. The van der Waals surface area contributed by atoms with Crippen LogP contribution in [0, 0.1) is 20.8 Å². The number of fused-ring (bicyclic) bond motifs is 4. The molecule has 78 heavy (non-hydrogen) atoms. The molecule has 0 radical (unpaired) electrons. The van der Waals surface area contributed by atoms with Gasteiger partial charge in [0.05, 0.1) is 97.2 Å². The maximum atomic E-state index is 15.4. The number of carbonyl (C=O) groups is 3. The maximum absolute atomic E-state index is 15.4. The van der Waals surface area contributed by atoms with Gasteiger partial charge in [0.15, 0.2) is 22.8 Å². The Morgan fingerprint density at radius 2 is 1.56 bits per heavy atom. The lowest BCUT2D eigenvalue weighted by Crippen LogP contribution is -2.41. The maximum Gasteiger partial charge on any atom is 0.256 e. The molecule has 0 bridgehead atoms. The smallest absolute Gasteiger partial charge is 0.256 e. The first-order chi connectivity index (χ1) is 37.7. The normalized spacial score (nSPS) is 15.9. The number of halogens is 2. The van der Waals surface area contributed by atoms with Crippen LogP contribution < -0.4 is 36.2 Å². The van der Waals surface area contributed by atoms with E-state index in [0.717, 1.165) is 33.2 Å². The highest BCUT2D eigenvalue weighted by atomic mass is 35.5. The molecule has 0 saturated carbocycles. The van der Waals surface area contributed by atoms with Crippen LogP contribution in [-0.4, -0.2) is 179 Å². The number of hydrogen-bond donors (Lipinski definition) is 5. The minimum atomic E-state index is -1.27. The lowest BCUT2D eigenvalue weighted by Gasteiger charge is -2.18. The lowest BCUT2D eigenvalue weighted by molar-refractivity contribution is -0.123. The fourth-order valence-corrected chi connectivity index (χ4v) is 10.0. The third-order valence-electron chi connectivity index (χ3n) is 12.8. The number of carbonyl (C=O) groups excluding carboxylic acids is 3. The van der Waals surface area contributed by atoms with E-state index in [2.05, 4.69) is 72.3 Å². The van der Waals surface area contributed by atoms with Crippen molar-refractivity contribution in [3.8, 4) is 10.9 Å². The van der Waals surface area contributed by atoms with Crippen LogP contribution in [0.25, 0.3) is 16.2 Å². The summed E-state index contributed by atoms with van der Waals surface area (Å²) in [6.07, 6.45) is 2.32. The molecule has 8 rings (SSSR count). The summed E-state index contributed by atoms with van der Waals surface area (Å²) in [4.78, 5) is 60.1. The van der Waals surface area contributed by atoms with Crippen molar-refractivity contribution in [1.82, 2.24) is 65.3 Å². The first-order valence-electron chi connectivity index (χ1n) is 25.5. The van der Waals surface area contributed by atoms with Gasteiger partial charge in [0.1, 0.15) is 28.7 Å². The van der Waals surface area contributed by atoms with Gasteiger partial charge in [-0.05, 0) is 38.5 Å². The van der Waals surface area contributed by atoms with Crippen LogP contribution in [0.1, 0.15) is 52.1 Å². The molecule has 0 aliphatic carbocycles. The van der Waals surface area contributed by atoms with E-state index in [0.29, 0.717) is 98.1 Å². The molecule has 5 N–H and O–H groups in total. The van der Waals surface area contributed by atoms with Gasteiger partial charge in [0.25, 0.3) is 5.88 Å². The summed E-state index contributed by atoms with van der Waals surface area (Å²) in [5.41, 5.74) is 5.70. The molecular formula is C51H66ClFN16O8S. The molecule has 1 aromatic carbocycles. The average Bonchev–Trinajstić information content (AvgIpc) is 4.26. The molecule has 2 aliphatic rings. The second-order valence-electron chi connectivity index (χ2n) is 18.5. The number of hydrogen-bond acceptors (Lipinski definition) is 19. The standard InChI is InChI=1S/C51H66ClFN16O8S/c1-30(25-57-38-28-68(26-36(38)53)51-61-45(44-47(62-51)66(5)29-58-44)60-39-27-67(6)65-49(39)73-7)48(72)56-14-13-54-40(70)12-16-74-18-20-76-22-23-77-21-19-75-17-15-55-41(71)24-37-46-64-63-33(4)69(46)50-42(31(2)32(3)78-50)43(59-37)34-8-10-35(52)11-9-34/h8-11,27,29,36-38,57H,1,12-26,28H2,2-7H3,(H,54,70)(H,55,71)(H,56,72)(H,60,61,62)/t36-,37?,38-/m1/s1. The molecular weight excluding hydrogens is 1050 g/mol. The largest absolute Gasteiger partial charge is 0.478 e. The lowest BCUT2D eigenvalue weighted by atomic mass is 9.99. The van der Waals surface area contributed by atoms with Gasteiger partial charge in [-0.15, -0.1) is 26.6 Å². The van der Waals surface area contributed by atoms with Crippen molar-refractivity contribution in [2.45, 2.75) is 51.9 Å². The van der Waals surface area contributed by atoms with E-state index in [1.165, 1.54) is 12.0 Å². The molecule has 3 amide bonds. The van der Waals surface area contributed by atoms with E-state index in [-0.39, 0.29) is 69.6 Å². The number of alkyl halides is 1. The molecule has 6 aromatic rings. The van der Waals surface area contributed by atoms with Crippen molar-refractivity contribution in [3.63, 3.8) is 0 Å². The molecule has 1 saturated heterocycles. The second-order valence-corrected chi connectivity index (χ2v) is 20.2. The summed E-state index contributed by atoms with van der Waals surface area (Å²) in [5, 5.41) is 29.5. The van der Waals surface area contributed by atoms with Gasteiger partial charge >= 0.3 is 0 Å². The van der Waals surface area contributed by atoms with Crippen molar-refractivity contribution >= 4 is 75.0 Å². The number of ether oxygens (including phenoxy) is 5. The van der Waals surface area contributed by atoms with E-state index in [1.54, 1.807) is 45.1 Å². The topological polar surface area (TPSA) is 265 Å². The summed E-state index contributed by atoms with van der Waals surface area (Å²) in [5.74, 6) is 1.62. The summed E-state index contributed by atoms with van der Waals surface area (Å²) >= 11 is 7.88. The number of amides is 3. The molecule has 1 unspecified atom stereocenters. The SMILES string of the molecule is C=C(CN[C@@H]1CN(c2nc(Nc3cn(C)nc3OC)c3ncn(C)c3n2)C[C@H]1F)C(=O)NCCNC(=O)CCOCCOCCOCCOCCNC(=O)CC1N=C(c2ccc(Cl)cc2)c2c(sc(C)c2C)-n2c(C)nnc21. The molecule has 3 atom stereocenters. The van der Waals surface area contributed by atoms with Gasteiger partial charge in [-0.3, -0.25) is 28.6 Å². The Labute approximate surface area is 459 Å². The Morgan fingerprint density at radius 1 is 0.872 bits per heavy atom. The van der Waals surface area contributed by atoms with Crippen molar-refractivity contribution in [1.29, 1.82) is 0 Å². The number of anilines is 3. The second kappa shape index (κ2) is 27.1. The van der Waals surface area contributed by atoms with Crippen LogP contribution in [-0.2, 0) is 47.4 Å². The summed E-state index contributed by atoms with van der Waals surface area (Å²) in [7, 11) is 5.10. The predicted molar refractivity (Wildman–Crippen MR) is 292 cm³/mol. The number of aryl methyl sites for hydroxylation is 4. The number of aliphatic imine (C=N–C) groups is 1. The number of aromatic nitrogens is 9. The zero-order valence-electron chi connectivity index (χ0n) is 44.6. The number of imidazole rings is 1. The van der Waals surface area contributed by atoms with Crippen molar-refractivity contribution in [2.24, 2.45) is 19.1 Å². The minimum Gasteiger partial charge on any atom is -0.478 e. The van der Waals surface area contributed by atoms with E-state index < -0.39 is 24.2 Å². The van der Waals surface area contributed by atoms with Crippen molar-refractivity contribution < 1.29 is 42.5 Å². The van der Waals surface area contributed by atoms with Crippen LogP contribution in [0.3, 0.4) is 0 Å². The number of thiophene rings is 1. The van der Waals surface area contributed by atoms with Gasteiger partial charge in [-0.2, -0.15) is 9.97 Å². The van der Waals surface area contributed by atoms with Crippen molar-refractivity contribution in [2.75, 3.05) is 109 Å². The monoisotopic (exact) mass is 1120 g/mol. The number of nitrogens with one attached hydrogen (secondary N) is 5. The first-order valence-corrected chi connectivity index (χ1v) is 26.7. The van der Waals surface area contributed by atoms with Gasteiger partial charge in [-0.1, -0.05) is 30.3 Å². The summed E-state index contributed by atoms with van der Waals surface area (Å²) < 4.78 is 48.4. The highest BCUT2D eigenvalue weighted by Crippen LogP contribution is 2.40. The van der Waals surface area contributed by atoms with E-state index in [1.807, 2.05) is 42.8 Å². The van der Waals surface area contributed by atoms with E-state index in [4.69, 9.17) is 45.3 Å². The fourth-order valence-electron chi connectivity index (χ4n) is 8.67. The molecule has 7 heterocycles. The van der Waals surface area contributed by atoms with Gasteiger partial charge in [-0.25, -0.2) is 9.37 Å². The molecule has 27 heteroatoms. The summed E-state index contributed by atoms with van der Waals surface area (Å²) in [6, 6.07) is 6.38. The fraction of sp³-hybridized carbons (Fsp3) is 0.490. The van der Waals surface area contributed by atoms with Crippen LogP contribution >= 0.6 is 22.9 Å². The van der Waals surface area contributed by atoms with Gasteiger partial charge < -0.3 is 59.7 Å². The zero-order valence-corrected chi connectivity index (χ0v) is 46.1. The Morgan fingerprint density at radius 3 is 2.29 bits per heavy atom. The quantitative estimate of drug-likeness (QED) is 0.0332. The molecule has 24 nitrogen and oxygen atoms in total. The number of methoxy groups -OCH3 is 1. The van der Waals surface area contributed by atoms with Crippen LogP contribution in [0.2, 0.25) is 5.02 Å². The number of benzene rings is 1. The molecule has 1 fully saturated rings. The minimum absolute atomic E-state index is 0.0361. The van der Waals surface area contributed by atoms with E-state index in [9.17, 15) is 14.4 Å². The third-order valence-corrected chi connectivity index (χ3v) is 14.3. The third kappa shape index (κ3) is 14.4. The van der Waals surface area contributed by atoms with Crippen molar-refractivity contribution in [3.05, 3.63) is 87.2 Å². The summed E-state index contributed by atoms with van der Waals surface area (Å²) in [6.45, 7) is 13.5.